The number of carbonyl (C=O) groups is 1. The second-order valence-corrected chi connectivity index (χ2v) is 4.26. The summed E-state index contributed by atoms with van der Waals surface area (Å²) in [5.74, 6) is -1.09. The number of rotatable bonds is 5. The van der Waals surface area contributed by atoms with Crippen LogP contribution < -0.4 is 15.2 Å². The molecular weight excluding hydrogens is 279 g/mol. The molecule has 3 N–H and O–H groups in total. The zero-order valence-electron chi connectivity index (χ0n) is 10.8. The molecule has 0 fully saturated rings. The van der Waals surface area contributed by atoms with Crippen LogP contribution in [0.4, 0.5) is 13.2 Å². The molecule has 0 aliphatic heterocycles. The number of benzene rings is 1. The van der Waals surface area contributed by atoms with Crippen molar-refractivity contribution < 1.29 is 32.5 Å². The molecule has 1 atom stereocenters. The molecule has 5 nitrogen and oxygen atoms in total. The first-order chi connectivity index (χ1) is 9.10. The van der Waals surface area contributed by atoms with Gasteiger partial charge in [-0.3, -0.25) is 4.79 Å². The lowest BCUT2D eigenvalue weighted by atomic mass is 10.1. The maximum Gasteiger partial charge on any atom is 0.420 e. The molecule has 0 bridgehead atoms. The first-order valence-corrected chi connectivity index (χ1v) is 5.49. The number of methoxy groups -OCH3 is 1. The SMILES string of the molecule is COc1cccc(C(N)=O)c1OC[C@@](C)(O)C(F)(F)F. The third-order valence-electron chi connectivity index (χ3n) is 2.57. The summed E-state index contributed by atoms with van der Waals surface area (Å²) in [6.45, 7) is -0.538. The lowest BCUT2D eigenvalue weighted by Gasteiger charge is -2.26. The highest BCUT2D eigenvalue weighted by Gasteiger charge is 2.50. The zero-order chi connectivity index (χ0) is 15.6. The summed E-state index contributed by atoms with van der Waals surface area (Å²) in [6, 6.07) is 4.11. The van der Waals surface area contributed by atoms with Crippen molar-refractivity contribution in [3.05, 3.63) is 23.8 Å². The Morgan fingerprint density at radius 2 is 2.00 bits per heavy atom. The Kier molecular flexibility index (Phi) is 4.49. The molecule has 0 heterocycles. The molecule has 0 radical (unpaired) electrons. The van der Waals surface area contributed by atoms with Crippen LogP contribution in [0.15, 0.2) is 18.2 Å². The Hall–Kier alpha value is -1.96. The van der Waals surface area contributed by atoms with E-state index in [-0.39, 0.29) is 17.1 Å². The van der Waals surface area contributed by atoms with Gasteiger partial charge in [0.2, 0.25) is 0 Å². The lowest BCUT2D eigenvalue weighted by molar-refractivity contribution is -0.260. The molecule has 1 amide bonds. The largest absolute Gasteiger partial charge is 0.493 e. The van der Waals surface area contributed by atoms with Gasteiger partial charge in [0, 0.05) is 0 Å². The van der Waals surface area contributed by atoms with Crippen LogP contribution in [-0.4, -0.2) is 36.5 Å². The van der Waals surface area contributed by atoms with Crippen molar-refractivity contribution in [1.29, 1.82) is 0 Å². The first kappa shape index (κ1) is 16.1. The lowest BCUT2D eigenvalue weighted by Crippen LogP contribution is -2.47. The van der Waals surface area contributed by atoms with Crippen molar-refractivity contribution in [1.82, 2.24) is 0 Å². The molecule has 1 aromatic rings. The van der Waals surface area contributed by atoms with Gasteiger partial charge in [0.25, 0.3) is 5.91 Å². The van der Waals surface area contributed by atoms with Crippen LogP contribution in [-0.2, 0) is 0 Å². The van der Waals surface area contributed by atoms with Crippen molar-refractivity contribution in [2.75, 3.05) is 13.7 Å². The number of alkyl halides is 3. The van der Waals surface area contributed by atoms with Crippen molar-refractivity contribution in [2.45, 2.75) is 18.7 Å². The average Bonchev–Trinajstić information content (AvgIpc) is 2.34. The zero-order valence-corrected chi connectivity index (χ0v) is 10.8. The minimum atomic E-state index is -4.87. The van der Waals surface area contributed by atoms with Crippen LogP contribution in [0.1, 0.15) is 17.3 Å². The molecule has 0 saturated heterocycles. The molecule has 0 saturated carbocycles. The van der Waals surface area contributed by atoms with E-state index in [2.05, 4.69) is 0 Å². The van der Waals surface area contributed by atoms with Crippen LogP contribution in [0.25, 0.3) is 0 Å². The normalized spacial score (nSPS) is 14.5. The van der Waals surface area contributed by atoms with Gasteiger partial charge in [-0.1, -0.05) is 6.07 Å². The van der Waals surface area contributed by atoms with Gasteiger partial charge in [-0.25, -0.2) is 0 Å². The molecule has 0 unspecified atom stereocenters. The minimum Gasteiger partial charge on any atom is -0.493 e. The fraction of sp³-hybridized carbons (Fsp3) is 0.417. The topological polar surface area (TPSA) is 81.8 Å². The molecule has 1 rings (SSSR count). The predicted octanol–water partition coefficient (Wildman–Crippen LogP) is 1.49. The molecule has 0 aliphatic carbocycles. The van der Waals surface area contributed by atoms with E-state index in [0.717, 1.165) is 0 Å². The fourth-order valence-electron chi connectivity index (χ4n) is 1.31. The Balaban J connectivity index is 3.06. The first-order valence-electron chi connectivity index (χ1n) is 5.49. The molecule has 0 aliphatic rings. The van der Waals surface area contributed by atoms with E-state index < -0.39 is 24.3 Å². The maximum atomic E-state index is 12.5. The van der Waals surface area contributed by atoms with Crippen molar-refractivity contribution >= 4 is 5.91 Å². The number of para-hydroxylation sites is 1. The van der Waals surface area contributed by atoms with Crippen LogP contribution in [0.5, 0.6) is 11.5 Å². The van der Waals surface area contributed by atoms with E-state index in [1.165, 1.54) is 25.3 Å². The summed E-state index contributed by atoms with van der Waals surface area (Å²) in [7, 11) is 1.26. The van der Waals surface area contributed by atoms with E-state index in [1.807, 2.05) is 0 Å². The highest BCUT2D eigenvalue weighted by Crippen LogP contribution is 2.34. The highest BCUT2D eigenvalue weighted by molar-refractivity contribution is 5.96. The van der Waals surface area contributed by atoms with Gasteiger partial charge in [-0.15, -0.1) is 0 Å². The smallest absolute Gasteiger partial charge is 0.420 e. The summed E-state index contributed by atoms with van der Waals surface area (Å²) >= 11 is 0. The monoisotopic (exact) mass is 293 g/mol. The van der Waals surface area contributed by atoms with Crippen LogP contribution in [0, 0.1) is 0 Å². The molecule has 0 spiro atoms. The second kappa shape index (κ2) is 5.58. The summed E-state index contributed by atoms with van der Waals surface area (Å²) in [4.78, 5) is 11.2. The number of hydrogen-bond donors (Lipinski definition) is 2. The summed E-state index contributed by atoms with van der Waals surface area (Å²) in [5.41, 5.74) is 1.90. The molecule has 112 valence electrons. The standard InChI is InChI=1S/C12H14F3NO4/c1-11(18,12(13,14)15)6-20-9-7(10(16)17)4-3-5-8(9)19-2/h3-5,18H,6H2,1-2H3,(H2,16,17)/t11-/m1/s1. The van der Waals surface area contributed by atoms with E-state index in [0.29, 0.717) is 6.92 Å². The summed E-state index contributed by atoms with van der Waals surface area (Å²) < 4.78 is 47.4. The fourth-order valence-corrected chi connectivity index (χ4v) is 1.31. The van der Waals surface area contributed by atoms with Gasteiger partial charge in [0.15, 0.2) is 17.1 Å². The van der Waals surface area contributed by atoms with Gasteiger partial charge in [0.1, 0.15) is 6.61 Å². The van der Waals surface area contributed by atoms with Crippen molar-refractivity contribution in [3.8, 4) is 11.5 Å². The van der Waals surface area contributed by atoms with Gasteiger partial charge in [-0.05, 0) is 19.1 Å². The van der Waals surface area contributed by atoms with Gasteiger partial charge < -0.3 is 20.3 Å². The molecule has 1 aromatic carbocycles. The Bertz CT molecular complexity index is 500. The van der Waals surface area contributed by atoms with Crippen LogP contribution in [0.3, 0.4) is 0 Å². The quantitative estimate of drug-likeness (QED) is 0.861. The maximum absolute atomic E-state index is 12.5. The number of halogens is 3. The number of primary amides is 1. The summed E-state index contributed by atoms with van der Waals surface area (Å²) in [5, 5.41) is 9.30. The van der Waals surface area contributed by atoms with Gasteiger partial charge >= 0.3 is 6.18 Å². The van der Waals surface area contributed by atoms with E-state index >= 15 is 0 Å². The highest BCUT2D eigenvalue weighted by atomic mass is 19.4. The Morgan fingerprint density at radius 1 is 1.40 bits per heavy atom. The number of aliphatic hydroxyl groups is 1. The molecule has 8 heteroatoms. The number of hydrogen-bond acceptors (Lipinski definition) is 4. The van der Waals surface area contributed by atoms with Gasteiger partial charge in [-0.2, -0.15) is 13.2 Å². The third-order valence-corrected chi connectivity index (χ3v) is 2.57. The van der Waals surface area contributed by atoms with Crippen LogP contribution in [0.2, 0.25) is 0 Å². The van der Waals surface area contributed by atoms with Gasteiger partial charge in [0.05, 0.1) is 12.7 Å². The summed E-state index contributed by atoms with van der Waals surface area (Å²) in [6.07, 6.45) is -4.87. The minimum absolute atomic E-state index is 0.0410. The van der Waals surface area contributed by atoms with Crippen LogP contribution >= 0.6 is 0 Å². The number of nitrogens with two attached hydrogens (primary N) is 1. The predicted molar refractivity (Wildman–Crippen MR) is 63.7 cm³/mol. The number of amides is 1. The molecule has 0 aromatic heterocycles. The second-order valence-electron chi connectivity index (χ2n) is 4.26. The van der Waals surface area contributed by atoms with E-state index in [1.54, 1.807) is 0 Å². The Labute approximate surface area is 113 Å². The Morgan fingerprint density at radius 3 is 2.45 bits per heavy atom. The van der Waals surface area contributed by atoms with Crippen molar-refractivity contribution in [3.63, 3.8) is 0 Å². The third kappa shape index (κ3) is 3.32. The molecular formula is C12H14F3NO4. The van der Waals surface area contributed by atoms with Crippen molar-refractivity contribution in [2.24, 2.45) is 5.73 Å². The van der Waals surface area contributed by atoms with E-state index in [9.17, 15) is 23.1 Å². The molecule has 20 heavy (non-hydrogen) atoms. The number of carbonyl (C=O) groups excluding carboxylic acids is 1. The number of ether oxygens (including phenoxy) is 2. The average molecular weight is 293 g/mol. The van der Waals surface area contributed by atoms with E-state index in [4.69, 9.17) is 15.2 Å².